The number of hydrogen-bond donors (Lipinski definition) is 1. The van der Waals surface area contributed by atoms with Gasteiger partial charge in [0.25, 0.3) is 5.91 Å². The number of benzene rings is 1. The van der Waals surface area contributed by atoms with Crippen molar-refractivity contribution in [2.24, 2.45) is 0 Å². The van der Waals surface area contributed by atoms with Gasteiger partial charge in [-0.3, -0.25) is 4.79 Å². The van der Waals surface area contributed by atoms with Crippen LogP contribution in [0.25, 0.3) is 0 Å². The van der Waals surface area contributed by atoms with Gasteiger partial charge < -0.3 is 14.5 Å². The van der Waals surface area contributed by atoms with Crippen molar-refractivity contribution in [3.8, 4) is 0 Å². The van der Waals surface area contributed by atoms with Crippen LogP contribution in [0.4, 0.5) is 0 Å². The predicted octanol–water partition coefficient (Wildman–Crippen LogP) is 3.07. The average molecular weight is 335 g/mol. The zero-order chi connectivity index (χ0) is 16.6. The highest BCUT2D eigenvalue weighted by Crippen LogP contribution is 2.34. The third kappa shape index (κ3) is 2.99. The van der Waals surface area contributed by atoms with E-state index in [9.17, 15) is 9.90 Å². The second-order valence-corrected chi connectivity index (χ2v) is 6.47. The smallest absolute Gasteiger partial charge is 0.259 e. The van der Waals surface area contributed by atoms with E-state index in [1.807, 2.05) is 12.1 Å². The lowest BCUT2D eigenvalue weighted by Crippen LogP contribution is -2.45. The van der Waals surface area contributed by atoms with Gasteiger partial charge in [-0.1, -0.05) is 28.9 Å². The maximum Gasteiger partial charge on any atom is 0.259 e. The van der Waals surface area contributed by atoms with Gasteiger partial charge in [-0.25, -0.2) is 0 Å². The Bertz CT molecular complexity index is 696. The molecule has 0 saturated carbocycles. The summed E-state index contributed by atoms with van der Waals surface area (Å²) in [4.78, 5) is 14.4. The number of aliphatic hydroxyl groups is 1. The Kier molecular flexibility index (Phi) is 4.17. The Morgan fingerprint density at radius 1 is 1.26 bits per heavy atom. The molecule has 23 heavy (non-hydrogen) atoms. The van der Waals surface area contributed by atoms with Gasteiger partial charge in [0.15, 0.2) is 0 Å². The lowest BCUT2D eigenvalue weighted by Gasteiger charge is -2.38. The summed E-state index contributed by atoms with van der Waals surface area (Å²) in [6, 6.07) is 7.23. The fraction of sp³-hybridized carbons (Fsp3) is 0.412. The summed E-state index contributed by atoms with van der Waals surface area (Å²) in [6.07, 6.45) is 0.980. The predicted molar refractivity (Wildman–Crippen MR) is 86.5 cm³/mol. The van der Waals surface area contributed by atoms with Gasteiger partial charge in [0.05, 0.1) is 11.3 Å². The molecule has 1 N–H and O–H groups in total. The molecule has 2 heterocycles. The quantitative estimate of drug-likeness (QED) is 0.916. The molecule has 0 atom stereocenters. The fourth-order valence-corrected chi connectivity index (χ4v) is 3.20. The first kappa shape index (κ1) is 16.0. The van der Waals surface area contributed by atoms with E-state index in [2.05, 4.69) is 5.16 Å². The maximum absolute atomic E-state index is 12.6. The summed E-state index contributed by atoms with van der Waals surface area (Å²) >= 11 is 5.90. The zero-order valence-electron chi connectivity index (χ0n) is 13.2. The molecule has 1 aliphatic heterocycles. The number of piperidine rings is 1. The van der Waals surface area contributed by atoms with Gasteiger partial charge in [-0.15, -0.1) is 0 Å². The first-order valence-corrected chi connectivity index (χ1v) is 7.99. The lowest BCUT2D eigenvalue weighted by atomic mass is 9.84. The van der Waals surface area contributed by atoms with Crippen molar-refractivity contribution in [2.75, 3.05) is 13.1 Å². The first-order valence-electron chi connectivity index (χ1n) is 7.61. The highest BCUT2D eigenvalue weighted by Gasteiger charge is 2.36. The van der Waals surface area contributed by atoms with Crippen LogP contribution >= 0.6 is 11.6 Å². The topological polar surface area (TPSA) is 66.6 Å². The third-order valence-corrected chi connectivity index (χ3v) is 4.76. The molecule has 6 heteroatoms. The van der Waals surface area contributed by atoms with Crippen molar-refractivity contribution >= 4 is 17.5 Å². The van der Waals surface area contributed by atoms with Crippen LogP contribution in [0.5, 0.6) is 0 Å². The molecule has 1 saturated heterocycles. The Morgan fingerprint density at radius 3 is 2.39 bits per heavy atom. The number of aromatic nitrogens is 1. The second kappa shape index (κ2) is 5.98. The van der Waals surface area contributed by atoms with E-state index < -0.39 is 5.60 Å². The van der Waals surface area contributed by atoms with Gasteiger partial charge >= 0.3 is 0 Å². The van der Waals surface area contributed by atoms with Gasteiger partial charge in [0.1, 0.15) is 11.3 Å². The molecule has 1 aromatic heterocycles. The number of amides is 1. The third-order valence-electron chi connectivity index (χ3n) is 4.51. The summed E-state index contributed by atoms with van der Waals surface area (Å²) < 4.78 is 5.07. The molecule has 0 radical (unpaired) electrons. The molecule has 0 aliphatic carbocycles. The van der Waals surface area contributed by atoms with Crippen LogP contribution < -0.4 is 0 Å². The van der Waals surface area contributed by atoms with Crippen LogP contribution in [0.15, 0.2) is 28.8 Å². The van der Waals surface area contributed by atoms with E-state index in [0.29, 0.717) is 48.0 Å². The number of carbonyl (C=O) groups is 1. The highest BCUT2D eigenvalue weighted by molar-refractivity contribution is 6.30. The molecular formula is C17H19ClN2O3. The highest BCUT2D eigenvalue weighted by atomic mass is 35.5. The number of hydrogen-bond acceptors (Lipinski definition) is 4. The lowest BCUT2D eigenvalue weighted by molar-refractivity contribution is -0.0211. The molecule has 0 unspecified atom stereocenters. The zero-order valence-corrected chi connectivity index (χ0v) is 13.9. The molecule has 3 rings (SSSR count). The molecule has 2 aromatic rings. The first-order chi connectivity index (χ1) is 10.9. The molecule has 1 amide bonds. The van der Waals surface area contributed by atoms with Crippen LogP contribution in [-0.2, 0) is 5.60 Å². The van der Waals surface area contributed by atoms with Crippen LogP contribution in [0.3, 0.4) is 0 Å². The fourth-order valence-electron chi connectivity index (χ4n) is 3.07. The number of carbonyl (C=O) groups excluding carboxylic acids is 1. The summed E-state index contributed by atoms with van der Waals surface area (Å²) in [5, 5.41) is 15.3. The van der Waals surface area contributed by atoms with Gasteiger partial charge in [0.2, 0.25) is 0 Å². The maximum atomic E-state index is 12.6. The van der Waals surface area contributed by atoms with E-state index in [0.717, 1.165) is 5.56 Å². The van der Waals surface area contributed by atoms with Crippen LogP contribution in [0.2, 0.25) is 5.02 Å². The minimum absolute atomic E-state index is 0.0839. The molecule has 1 aliphatic rings. The Hall–Kier alpha value is -1.85. The molecule has 1 fully saturated rings. The second-order valence-electron chi connectivity index (χ2n) is 6.03. The minimum atomic E-state index is -0.917. The molecule has 1 aromatic carbocycles. The number of aryl methyl sites for hydroxylation is 2. The molecular weight excluding hydrogens is 316 g/mol. The van der Waals surface area contributed by atoms with Crippen molar-refractivity contribution in [1.82, 2.24) is 10.1 Å². The van der Waals surface area contributed by atoms with E-state index in [-0.39, 0.29) is 5.91 Å². The van der Waals surface area contributed by atoms with Crippen molar-refractivity contribution in [3.63, 3.8) is 0 Å². The summed E-state index contributed by atoms with van der Waals surface area (Å²) in [7, 11) is 0. The van der Waals surface area contributed by atoms with Crippen molar-refractivity contribution in [2.45, 2.75) is 32.3 Å². The standard InChI is InChI=1S/C17H19ClN2O3/c1-11-15(12(2)23-19-11)16(21)20-9-7-17(22,8-10-20)13-3-5-14(18)6-4-13/h3-6,22H,7-10H2,1-2H3. The molecule has 5 nitrogen and oxygen atoms in total. The van der Waals surface area contributed by atoms with E-state index in [1.54, 1.807) is 30.9 Å². The van der Waals surface area contributed by atoms with Crippen LogP contribution in [0, 0.1) is 13.8 Å². The van der Waals surface area contributed by atoms with E-state index >= 15 is 0 Å². The van der Waals surface area contributed by atoms with Crippen LogP contribution in [0.1, 0.15) is 40.2 Å². The van der Waals surface area contributed by atoms with Crippen molar-refractivity contribution in [1.29, 1.82) is 0 Å². The SMILES string of the molecule is Cc1noc(C)c1C(=O)N1CCC(O)(c2ccc(Cl)cc2)CC1. The average Bonchev–Trinajstić information content (AvgIpc) is 2.87. The Morgan fingerprint density at radius 2 is 1.87 bits per heavy atom. The summed E-state index contributed by atoms with van der Waals surface area (Å²) in [6.45, 7) is 4.48. The minimum Gasteiger partial charge on any atom is -0.385 e. The van der Waals surface area contributed by atoms with Crippen molar-refractivity contribution < 1.29 is 14.4 Å². The number of nitrogens with zero attached hydrogens (tertiary/aromatic N) is 2. The van der Waals surface area contributed by atoms with Gasteiger partial charge in [-0.05, 0) is 44.4 Å². The Labute approximate surface area is 139 Å². The molecule has 0 bridgehead atoms. The normalized spacial score (nSPS) is 17.3. The number of rotatable bonds is 2. The molecule has 122 valence electrons. The van der Waals surface area contributed by atoms with E-state index in [4.69, 9.17) is 16.1 Å². The Balaban J connectivity index is 1.73. The summed E-state index contributed by atoms with van der Waals surface area (Å²) in [5.74, 6) is 0.449. The number of halogens is 1. The number of likely N-dealkylation sites (tertiary alicyclic amines) is 1. The van der Waals surface area contributed by atoms with E-state index in [1.165, 1.54) is 0 Å². The monoisotopic (exact) mass is 334 g/mol. The molecule has 0 spiro atoms. The van der Waals surface area contributed by atoms with Crippen LogP contribution in [-0.4, -0.2) is 34.2 Å². The van der Waals surface area contributed by atoms with Gasteiger partial charge in [0, 0.05) is 18.1 Å². The van der Waals surface area contributed by atoms with Gasteiger partial charge in [-0.2, -0.15) is 0 Å². The largest absolute Gasteiger partial charge is 0.385 e. The van der Waals surface area contributed by atoms with Crippen molar-refractivity contribution in [3.05, 3.63) is 51.9 Å². The summed E-state index contributed by atoms with van der Waals surface area (Å²) in [5.41, 5.74) is 1.06.